The lowest BCUT2D eigenvalue weighted by Crippen LogP contribution is -2.39. The van der Waals surface area contributed by atoms with E-state index in [4.69, 9.17) is 9.63 Å². The van der Waals surface area contributed by atoms with Gasteiger partial charge in [-0.05, 0) is 33.1 Å². The summed E-state index contributed by atoms with van der Waals surface area (Å²) in [7, 11) is 0. The molecule has 0 spiro atoms. The molecule has 0 aromatic carbocycles. The summed E-state index contributed by atoms with van der Waals surface area (Å²) in [5.41, 5.74) is 1.86. The third-order valence-electron chi connectivity index (χ3n) is 3.46. The molecular weight excluding hydrogens is 244 g/mol. The number of amides is 1. The van der Waals surface area contributed by atoms with Gasteiger partial charge in [-0.3, -0.25) is 4.79 Å². The van der Waals surface area contributed by atoms with Crippen molar-refractivity contribution in [3.8, 4) is 0 Å². The highest BCUT2D eigenvalue weighted by Crippen LogP contribution is 2.17. The molecule has 0 aliphatic rings. The lowest BCUT2D eigenvalue weighted by Gasteiger charge is -2.19. The van der Waals surface area contributed by atoms with E-state index >= 15 is 0 Å². The molecule has 1 aromatic heterocycles. The summed E-state index contributed by atoms with van der Waals surface area (Å²) >= 11 is 0. The molecule has 1 heterocycles. The monoisotopic (exact) mass is 268 g/mol. The molecule has 0 fully saturated rings. The van der Waals surface area contributed by atoms with Crippen molar-refractivity contribution in [1.82, 2.24) is 10.5 Å². The number of hydrogen-bond donors (Lipinski definition) is 2. The second-order valence-corrected chi connectivity index (χ2v) is 5.03. The van der Waals surface area contributed by atoms with Gasteiger partial charge in [0.2, 0.25) is 5.91 Å². The Morgan fingerprint density at radius 1 is 1.47 bits per heavy atom. The van der Waals surface area contributed by atoms with Gasteiger partial charge in [0, 0.05) is 24.1 Å². The van der Waals surface area contributed by atoms with E-state index in [0.29, 0.717) is 12.8 Å². The van der Waals surface area contributed by atoms with E-state index in [1.54, 1.807) is 0 Å². The van der Waals surface area contributed by atoms with Crippen molar-refractivity contribution in [3.63, 3.8) is 0 Å². The molecule has 2 unspecified atom stereocenters. The number of aromatic nitrogens is 1. The molecule has 5 heteroatoms. The molecular formula is C14H24N2O3. The topological polar surface area (TPSA) is 75.4 Å². The Balaban J connectivity index is 2.58. The van der Waals surface area contributed by atoms with Crippen molar-refractivity contribution < 1.29 is 14.4 Å². The van der Waals surface area contributed by atoms with E-state index in [9.17, 15) is 4.79 Å². The van der Waals surface area contributed by atoms with Crippen LogP contribution in [0, 0.1) is 19.8 Å². The normalized spacial score (nSPS) is 14.2. The third-order valence-corrected chi connectivity index (χ3v) is 3.46. The highest BCUT2D eigenvalue weighted by Gasteiger charge is 2.20. The van der Waals surface area contributed by atoms with Gasteiger partial charge < -0.3 is 14.9 Å². The predicted molar refractivity (Wildman–Crippen MR) is 72.8 cm³/mol. The molecule has 1 rings (SSSR count). The zero-order chi connectivity index (χ0) is 14.4. The zero-order valence-electron chi connectivity index (χ0n) is 12.2. The Labute approximate surface area is 114 Å². The number of rotatable bonds is 7. The fourth-order valence-electron chi connectivity index (χ4n) is 2.07. The molecule has 0 aliphatic carbocycles. The van der Waals surface area contributed by atoms with Gasteiger partial charge >= 0.3 is 0 Å². The lowest BCUT2D eigenvalue weighted by molar-refractivity contribution is -0.125. The van der Waals surface area contributed by atoms with Crippen LogP contribution < -0.4 is 5.32 Å². The largest absolute Gasteiger partial charge is 0.396 e. The number of aliphatic hydroxyl groups excluding tert-OH is 1. The number of carbonyl (C=O) groups is 1. The molecule has 2 N–H and O–H groups in total. The van der Waals surface area contributed by atoms with Crippen LogP contribution in [0.1, 0.15) is 43.7 Å². The van der Waals surface area contributed by atoms with Crippen LogP contribution in [0.15, 0.2) is 4.52 Å². The minimum atomic E-state index is -0.135. The summed E-state index contributed by atoms with van der Waals surface area (Å²) in [6.45, 7) is 7.74. The van der Waals surface area contributed by atoms with E-state index in [1.807, 2.05) is 27.7 Å². The van der Waals surface area contributed by atoms with Crippen LogP contribution in [-0.4, -0.2) is 28.8 Å². The minimum Gasteiger partial charge on any atom is -0.396 e. The first-order valence-electron chi connectivity index (χ1n) is 6.82. The van der Waals surface area contributed by atoms with Crippen molar-refractivity contribution >= 4 is 5.91 Å². The second kappa shape index (κ2) is 7.28. The predicted octanol–water partition coefficient (Wildman–Crippen LogP) is 1.75. The van der Waals surface area contributed by atoms with Crippen molar-refractivity contribution in [2.75, 3.05) is 6.61 Å². The van der Waals surface area contributed by atoms with Gasteiger partial charge in [-0.1, -0.05) is 19.0 Å². The maximum absolute atomic E-state index is 12.1. The summed E-state index contributed by atoms with van der Waals surface area (Å²) in [6, 6.07) is 0.0459. The summed E-state index contributed by atoms with van der Waals surface area (Å²) < 4.78 is 5.10. The maximum Gasteiger partial charge on any atom is 0.223 e. The average Bonchev–Trinajstić information content (AvgIpc) is 2.69. The van der Waals surface area contributed by atoms with Gasteiger partial charge in [-0.25, -0.2) is 0 Å². The molecule has 0 bridgehead atoms. The van der Waals surface area contributed by atoms with Gasteiger partial charge in [-0.15, -0.1) is 0 Å². The smallest absolute Gasteiger partial charge is 0.223 e. The van der Waals surface area contributed by atoms with Crippen LogP contribution in [0.25, 0.3) is 0 Å². The van der Waals surface area contributed by atoms with Crippen molar-refractivity contribution in [3.05, 3.63) is 17.0 Å². The van der Waals surface area contributed by atoms with E-state index in [2.05, 4.69) is 10.5 Å². The molecule has 0 radical (unpaired) electrons. The molecule has 0 saturated carbocycles. The number of aryl methyl sites for hydroxylation is 2. The number of hydrogen-bond acceptors (Lipinski definition) is 4. The minimum absolute atomic E-state index is 0.0142. The number of carbonyl (C=O) groups excluding carboxylic acids is 1. The van der Waals surface area contributed by atoms with Crippen LogP contribution in [0.4, 0.5) is 0 Å². The molecule has 5 nitrogen and oxygen atoms in total. The van der Waals surface area contributed by atoms with Crippen LogP contribution in [-0.2, 0) is 11.2 Å². The molecule has 0 aliphatic heterocycles. The van der Waals surface area contributed by atoms with E-state index < -0.39 is 0 Å². The van der Waals surface area contributed by atoms with E-state index in [0.717, 1.165) is 23.4 Å². The van der Waals surface area contributed by atoms with Gasteiger partial charge in [0.05, 0.1) is 5.69 Å². The van der Waals surface area contributed by atoms with E-state index in [1.165, 1.54) is 0 Å². The van der Waals surface area contributed by atoms with Gasteiger partial charge in [0.15, 0.2) is 0 Å². The van der Waals surface area contributed by atoms with Crippen LogP contribution >= 0.6 is 0 Å². The molecule has 19 heavy (non-hydrogen) atoms. The van der Waals surface area contributed by atoms with Crippen molar-refractivity contribution in [2.24, 2.45) is 5.92 Å². The molecule has 2 atom stereocenters. The first-order valence-corrected chi connectivity index (χ1v) is 6.82. The van der Waals surface area contributed by atoms with Crippen molar-refractivity contribution in [2.45, 2.75) is 53.0 Å². The van der Waals surface area contributed by atoms with Gasteiger partial charge in [0.1, 0.15) is 5.76 Å². The Bertz CT molecular complexity index is 395. The van der Waals surface area contributed by atoms with Gasteiger partial charge in [-0.2, -0.15) is 0 Å². The Kier molecular flexibility index (Phi) is 6.02. The summed E-state index contributed by atoms with van der Waals surface area (Å²) in [5, 5.41) is 15.8. The third kappa shape index (κ3) is 4.35. The SMILES string of the molecule is CCC(CCO)NC(=O)C(C)Cc1c(C)noc1C. The highest BCUT2D eigenvalue weighted by atomic mass is 16.5. The Hall–Kier alpha value is -1.36. The molecule has 1 amide bonds. The zero-order valence-corrected chi connectivity index (χ0v) is 12.2. The Morgan fingerprint density at radius 2 is 2.16 bits per heavy atom. The summed E-state index contributed by atoms with van der Waals surface area (Å²) in [4.78, 5) is 12.1. The lowest BCUT2D eigenvalue weighted by atomic mass is 9.98. The van der Waals surface area contributed by atoms with E-state index in [-0.39, 0.29) is 24.5 Å². The number of aliphatic hydroxyl groups is 1. The molecule has 108 valence electrons. The maximum atomic E-state index is 12.1. The fraction of sp³-hybridized carbons (Fsp3) is 0.714. The highest BCUT2D eigenvalue weighted by molar-refractivity contribution is 5.78. The molecule has 1 aromatic rings. The van der Waals surface area contributed by atoms with Crippen LogP contribution in [0.3, 0.4) is 0 Å². The summed E-state index contributed by atoms with van der Waals surface area (Å²) in [6.07, 6.45) is 2.05. The first-order chi connectivity index (χ1) is 8.99. The second-order valence-electron chi connectivity index (χ2n) is 5.03. The fourth-order valence-corrected chi connectivity index (χ4v) is 2.07. The van der Waals surface area contributed by atoms with Crippen molar-refractivity contribution in [1.29, 1.82) is 0 Å². The number of nitrogens with zero attached hydrogens (tertiary/aromatic N) is 1. The number of nitrogens with one attached hydrogen (secondary N) is 1. The van der Waals surface area contributed by atoms with Crippen LogP contribution in [0.2, 0.25) is 0 Å². The average molecular weight is 268 g/mol. The summed E-state index contributed by atoms with van der Waals surface area (Å²) in [5.74, 6) is 0.657. The quantitative estimate of drug-likeness (QED) is 0.790. The molecule has 0 saturated heterocycles. The van der Waals surface area contributed by atoms with Crippen LogP contribution in [0.5, 0.6) is 0 Å². The Morgan fingerprint density at radius 3 is 2.63 bits per heavy atom. The van der Waals surface area contributed by atoms with Gasteiger partial charge in [0.25, 0.3) is 0 Å². The first kappa shape index (κ1) is 15.7. The standard InChI is InChI=1S/C14H24N2O3/c1-5-12(6-7-17)15-14(18)9(2)8-13-10(3)16-19-11(13)4/h9,12,17H,5-8H2,1-4H3,(H,15,18).